The number of amides is 1. The van der Waals surface area contributed by atoms with Crippen molar-refractivity contribution < 1.29 is 13.2 Å². The van der Waals surface area contributed by atoms with E-state index in [0.29, 0.717) is 22.2 Å². The highest BCUT2D eigenvalue weighted by Gasteiger charge is 2.21. The van der Waals surface area contributed by atoms with E-state index < -0.39 is 10.0 Å². The van der Waals surface area contributed by atoms with Gasteiger partial charge in [-0.2, -0.15) is 5.26 Å². The lowest BCUT2D eigenvalue weighted by molar-refractivity contribution is -0.114. The summed E-state index contributed by atoms with van der Waals surface area (Å²) in [4.78, 5) is 17.8. The molecule has 25 heavy (non-hydrogen) atoms. The molecule has 0 aliphatic heterocycles. The molecule has 2 aromatic heterocycles. The van der Waals surface area contributed by atoms with E-state index in [2.05, 4.69) is 26.1 Å². The second-order valence-corrected chi connectivity index (χ2v) is 8.21. The highest BCUT2D eigenvalue weighted by Crippen LogP contribution is 2.31. The minimum atomic E-state index is -3.88. The van der Waals surface area contributed by atoms with Crippen molar-refractivity contribution in [3.05, 3.63) is 35.7 Å². The zero-order valence-corrected chi connectivity index (χ0v) is 14.9. The number of sulfonamides is 1. The number of nitrogens with zero attached hydrogens (tertiary/aromatic N) is 2. The Bertz CT molecular complexity index is 1120. The number of nitrogens with one attached hydrogen (secondary N) is 3. The SMILES string of the molecule is CC(=O)Nc1ncc(S(=O)(=O)Nc2ccc(C)c3c(C#N)c[nH]c23)s1. The number of nitriles is 1. The Morgan fingerprint density at radius 2 is 2.16 bits per heavy atom. The summed E-state index contributed by atoms with van der Waals surface area (Å²) in [6.45, 7) is 3.16. The molecule has 1 amide bonds. The number of carbonyl (C=O) groups is 1. The van der Waals surface area contributed by atoms with Crippen LogP contribution in [-0.2, 0) is 14.8 Å². The Hall–Kier alpha value is -2.90. The zero-order valence-electron chi connectivity index (χ0n) is 13.2. The minimum Gasteiger partial charge on any atom is -0.358 e. The van der Waals surface area contributed by atoms with Crippen LogP contribution in [-0.4, -0.2) is 24.3 Å². The molecule has 0 bridgehead atoms. The van der Waals surface area contributed by atoms with Gasteiger partial charge in [-0.3, -0.25) is 9.52 Å². The first kappa shape index (κ1) is 16.9. The largest absolute Gasteiger partial charge is 0.358 e. The van der Waals surface area contributed by atoms with Crippen LogP contribution >= 0.6 is 11.3 Å². The third kappa shape index (κ3) is 3.19. The number of hydrogen-bond acceptors (Lipinski definition) is 6. The predicted molar refractivity (Wildman–Crippen MR) is 95.0 cm³/mol. The van der Waals surface area contributed by atoms with Crippen LogP contribution < -0.4 is 10.0 Å². The number of aromatic amines is 1. The van der Waals surface area contributed by atoms with Crippen molar-refractivity contribution in [2.75, 3.05) is 10.0 Å². The summed E-state index contributed by atoms with van der Waals surface area (Å²) < 4.78 is 27.6. The molecule has 0 saturated heterocycles. The van der Waals surface area contributed by atoms with Crippen molar-refractivity contribution in [2.45, 2.75) is 18.1 Å². The van der Waals surface area contributed by atoms with Crippen molar-refractivity contribution in [1.29, 1.82) is 5.26 Å². The number of carbonyl (C=O) groups excluding carboxylic acids is 1. The van der Waals surface area contributed by atoms with Gasteiger partial charge in [0.05, 0.1) is 23.0 Å². The van der Waals surface area contributed by atoms with Gasteiger partial charge in [-0.25, -0.2) is 13.4 Å². The lowest BCUT2D eigenvalue weighted by atomic mass is 10.1. The summed E-state index contributed by atoms with van der Waals surface area (Å²) in [7, 11) is -3.88. The van der Waals surface area contributed by atoms with E-state index in [4.69, 9.17) is 0 Å². The Morgan fingerprint density at radius 3 is 2.84 bits per heavy atom. The van der Waals surface area contributed by atoms with Gasteiger partial charge in [-0.1, -0.05) is 17.4 Å². The van der Waals surface area contributed by atoms with E-state index in [1.54, 1.807) is 12.1 Å². The van der Waals surface area contributed by atoms with Gasteiger partial charge in [0, 0.05) is 18.5 Å². The van der Waals surface area contributed by atoms with Gasteiger partial charge >= 0.3 is 0 Å². The smallest absolute Gasteiger partial charge is 0.273 e. The van der Waals surface area contributed by atoms with Crippen LogP contribution in [0.5, 0.6) is 0 Å². The molecule has 0 saturated carbocycles. The molecule has 8 nitrogen and oxygen atoms in total. The Morgan fingerprint density at radius 1 is 1.40 bits per heavy atom. The lowest BCUT2D eigenvalue weighted by Crippen LogP contribution is -2.12. The molecule has 3 rings (SSSR count). The fourth-order valence-electron chi connectivity index (χ4n) is 2.38. The highest BCUT2D eigenvalue weighted by molar-refractivity contribution is 7.94. The van der Waals surface area contributed by atoms with Crippen LogP contribution in [0, 0.1) is 18.3 Å². The van der Waals surface area contributed by atoms with Gasteiger partial charge < -0.3 is 10.3 Å². The average Bonchev–Trinajstić information content (AvgIpc) is 3.17. The molecule has 3 aromatic rings. The standard InChI is InChI=1S/C15H13N5O3S2/c1-8-3-4-11(14-13(8)10(5-16)6-17-14)20-25(22,23)12-7-18-15(24-12)19-9(2)21/h3-4,6-7,17,20H,1-2H3,(H,18,19,21). The number of aromatic nitrogens is 2. The fourth-order valence-corrected chi connectivity index (χ4v) is 4.53. The summed E-state index contributed by atoms with van der Waals surface area (Å²) in [5.41, 5.74) is 2.17. The third-order valence-electron chi connectivity index (χ3n) is 3.44. The Balaban J connectivity index is 1.99. The van der Waals surface area contributed by atoms with E-state index >= 15 is 0 Å². The van der Waals surface area contributed by atoms with Crippen LogP contribution in [0.1, 0.15) is 18.1 Å². The van der Waals surface area contributed by atoms with E-state index in [1.165, 1.54) is 19.3 Å². The maximum Gasteiger partial charge on any atom is 0.273 e. The van der Waals surface area contributed by atoms with Crippen LogP contribution in [0.4, 0.5) is 10.8 Å². The summed E-state index contributed by atoms with van der Waals surface area (Å²) in [6, 6.07) is 5.45. The van der Waals surface area contributed by atoms with Crippen LogP contribution in [0.3, 0.4) is 0 Å². The summed E-state index contributed by atoms with van der Waals surface area (Å²) in [5.74, 6) is -0.332. The first-order valence-electron chi connectivity index (χ1n) is 7.09. The predicted octanol–water partition coefficient (Wildman–Crippen LogP) is 2.56. The molecular formula is C15H13N5O3S2. The third-order valence-corrected chi connectivity index (χ3v) is 6.18. The molecule has 0 aliphatic carbocycles. The maximum absolute atomic E-state index is 12.6. The van der Waals surface area contributed by atoms with E-state index in [0.717, 1.165) is 16.9 Å². The number of fused-ring (bicyclic) bond motifs is 1. The molecule has 0 unspecified atom stereocenters. The number of rotatable bonds is 4. The monoisotopic (exact) mass is 375 g/mol. The molecule has 0 spiro atoms. The van der Waals surface area contributed by atoms with E-state index in [-0.39, 0.29) is 15.2 Å². The van der Waals surface area contributed by atoms with Crippen LogP contribution in [0.15, 0.2) is 28.7 Å². The highest BCUT2D eigenvalue weighted by atomic mass is 32.2. The minimum absolute atomic E-state index is 0.0305. The molecule has 3 N–H and O–H groups in total. The van der Waals surface area contributed by atoms with Gasteiger partial charge in [0.25, 0.3) is 10.0 Å². The quantitative estimate of drug-likeness (QED) is 0.646. The van der Waals surface area contributed by atoms with Crippen molar-refractivity contribution >= 4 is 49.0 Å². The molecule has 2 heterocycles. The fraction of sp³-hybridized carbons (Fsp3) is 0.133. The van der Waals surface area contributed by atoms with Crippen molar-refractivity contribution in [2.24, 2.45) is 0 Å². The number of benzene rings is 1. The van der Waals surface area contributed by atoms with Crippen molar-refractivity contribution in [3.63, 3.8) is 0 Å². The number of hydrogen-bond donors (Lipinski definition) is 3. The van der Waals surface area contributed by atoms with Crippen LogP contribution in [0.25, 0.3) is 10.9 Å². The topological polar surface area (TPSA) is 128 Å². The first-order chi connectivity index (χ1) is 11.8. The molecule has 10 heteroatoms. The van der Waals surface area contributed by atoms with Gasteiger partial charge in [0.1, 0.15) is 6.07 Å². The molecule has 128 valence electrons. The summed E-state index contributed by atoms with van der Waals surface area (Å²) >= 11 is 0.850. The summed E-state index contributed by atoms with van der Waals surface area (Å²) in [6.07, 6.45) is 2.72. The number of aryl methyl sites for hydroxylation is 1. The zero-order chi connectivity index (χ0) is 18.2. The Labute approximate surface area is 147 Å². The second kappa shape index (κ2) is 6.19. The molecule has 0 fully saturated rings. The molecule has 0 atom stereocenters. The molecule has 1 aromatic carbocycles. The second-order valence-electron chi connectivity index (χ2n) is 5.27. The maximum atomic E-state index is 12.6. The molecule has 0 aliphatic rings. The van der Waals surface area contributed by atoms with Gasteiger partial charge in [-0.15, -0.1) is 0 Å². The number of H-pyrrole nitrogens is 1. The number of anilines is 2. The number of thiazole rings is 1. The lowest BCUT2D eigenvalue weighted by Gasteiger charge is -2.08. The van der Waals surface area contributed by atoms with E-state index in [9.17, 15) is 18.5 Å². The van der Waals surface area contributed by atoms with Gasteiger partial charge in [-0.05, 0) is 18.6 Å². The summed E-state index contributed by atoms with van der Waals surface area (Å²) in [5, 5.41) is 12.5. The first-order valence-corrected chi connectivity index (χ1v) is 9.39. The average molecular weight is 375 g/mol. The van der Waals surface area contributed by atoms with E-state index in [1.807, 2.05) is 6.92 Å². The molecular weight excluding hydrogens is 362 g/mol. The van der Waals surface area contributed by atoms with Gasteiger partial charge in [0.2, 0.25) is 5.91 Å². The van der Waals surface area contributed by atoms with Crippen molar-refractivity contribution in [3.8, 4) is 6.07 Å². The normalized spacial score (nSPS) is 11.2. The van der Waals surface area contributed by atoms with Crippen LogP contribution in [0.2, 0.25) is 0 Å². The van der Waals surface area contributed by atoms with Gasteiger partial charge in [0.15, 0.2) is 9.34 Å². The Kier molecular flexibility index (Phi) is 4.20. The van der Waals surface area contributed by atoms with Crippen molar-refractivity contribution in [1.82, 2.24) is 9.97 Å². The molecule has 0 radical (unpaired) electrons.